The zero-order chi connectivity index (χ0) is 8.41. The van der Waals surface area contributed by atoms with Gasteiger partial charge in [-0.05, 0) is 0 Å². The van der Waals surface area contributed by atoms with Gasteiger partial charge in [0.15, 0.2) is 0 Å². The van der Waals surface area contributed by atoms with E-state index >= 15 is 0 Å². The van der Waals surface area contributed by atoms with Crippen LogP contribution in [0.4, 0.5) is 0 Å². The van der Waals surface area contributed by atoms with Crippen molar-refractivity contribution in [2.75, 3.05) is 12.8 Å². The first-order valence-corrected chi connectivity index (χ1v) is 4.91. The van der Waals surface area contributed by atoms with Crippen molar-refractivity contribution < 1.29 is 17.4 Å². The van der Waals surface area contributed by atoms with Crippen LogP contribution >= 0.6 is 23.2 Å². The van der Waals surface area contributed by atoms with E-state index in [2.05, 4.69) is 58.9 Å². The van der Waals surface area contributed by atoms with Crippen LogP contribution in [0.5, 0.6) is 0 Å². The Hall–Kier alpha value is 0.644. The molecule has 0 aromatic heterocycles. The molecule has 0 bridgehead atoms. The zero-order valence-electron chi connectivity index (χ0n) is 6.14. The van der Waals surface area contributed by atoms with Gasteiger partial charge in [-0.25, -0.2) is 0 Å². The maximum atomic E-state index is 4.64. The molecular weight excluding hydrogens is 206 g/mol. The molecule has 1 aliphatic rings. The molecule has 0 aliphatic heterocycles. The van der Waals surface area contributed by atoms with Gasteiger partial charge in [-0.15, -0.1) is 23.2 Å². The standard InChI is InChI=1S/C5H5.2CH3Cl.V/c1-2-4-5-3-1;2*1-2;/h1-3H,4H2;2*1H3;. The van der Waals surface area contributed by atoms with Gasteiger partial charge in [0.1, 0.15) is 0 Å². The third-order valence-corrected chi connectivity index (χ3v) is 1.27. The molecule has 0 fully saturated rings. The summed E-state index contributed by atoms with van der Waals surface area (Å²) in [5.74, 6) is 0. The Balaban J connectivity index is 0. The molecule has 0 spiro atoms. The topological polar surface area (TPSA) is 0 Å². The van der Waals surface area contributed by atoms with Gasteiger partial charge in [-0.2, -0.15) is 0 Å². The van der Waals surface area contributed by atoms with Crippen molar-refractivity contribution in [3.63, 3.8) is 0 Å². The average Bonchev–Trinajstić information content (AvgIpc) is 2.48. The minimum absolute atomic E-state index is 1.14. The molecule has 0 aromatic carbocycles. The van der Waals surface area contributed by atoms with E-state index in [1.807, 2.05) is 0 Å². The van der Waals surface area contributed by atoms with Crippen molar-refractivity contribution in [1.29, 1.82) is 0 Å². The molecule has 0 amide bonds. The molecule has 0 nitrogen and oxygen atoms in total. The Morgan fingerprint density at radius 2 is 1.80 bits per heavy atom. The number of alkyl halides is 2. The van der Waals surface area contributed by atoms with Crippen LogP contribution in [0, 0.1) is 0 Å². The summed E-state index contributed by atoms with van der Waals surface area (Å²) in [4.78, 5) is 0. The molecule has 0 saturated heterocycles. The quantitative estimate of drug-likeness (QED) is 0.547. The van der Waals surface area contributed by atoms with E-state index in [0.29, 0.717) is 0 Å². The van der Waals surface area contributed by atoms with E-state index < -0.39 is 0 Å². The van der Waals surface area contributed by atoms with E-state index in [9.17, 15) is 0 Å². The second kappa shape index (κ2) is 12.3. The Labute approximate surface area is 82.2 Å². The summed E-state index contributed by atoms with van der Waals surface area (Å²) in [5.41, 5.74) is 0. The fraction of sp³-hybridized carbons (Fsp3) is 0.429. The Bertz CT molecular complexity index is 108. The van der Waals surface area contributed by atoms with Gasteiger partial charge in [0.25, 0.3) is 0 Å². The number of hydrogen-bond donors (Lipinski definition) is 0. The summed E-state index contributed by atoms with van der Waals surface area (Å²) < 4.78 is 1.41. The fourth-order valence-electron chi connectivity index (χ4n) is 0.436. The van der Waals surface area contributed by atoms with Gasteiger partial charge >= 0.3 is 46.4 Å². The molecule has 0 aromatic rings. The van der Waals surface area contributed by atoms with E-state index in [0.717, 1.165) is 6.42 Å². The first-order valence-electron chi connectivity index (χ1n) is 2.70. The molecule has 0 heterocycles. The van der Waals surface area contributed by atoms with Crippen LogP contribution in [0.15, 0.2) is 22.5 Å². The monoisotopic (exact) mass is 216 g/mol. The Morgan fingerprint density at radius 3 is 1.90 bits per heavy atom. The third kappa shape index (κ3) is 8.64. The molecule has 58 valence electrons. The number of hydrogen-bond acceptors (Lipinski definition) is 0. The van der Waals surface area contributed by atoms with E-state index in [4.69, 9.17) is 0 Å². The number of rotatable bonds is 0. The third-order valence-electron chi connectivity index (χ3n) is 0.752. The van der Waals surface area contributed by atoms with Crippen LogP contribution in [0.1, 0.15) is 6.42 Å². The second-order valence-corrected chi connectivity index (χ2v) is 2.19. The molecular formula is C7H11Cl2V. The van der Waals surface area contributed by atoms with Crippen LogP contribution in [-0.2, 0) is 17.4 Å². The predicted octanol–water partition coefficient (Wildman–Crippen LogP) is 3.09. The molecule has 0 radical (unpaired) electrons. The van der Waals surface area contributed by atoms with Crippen LogP contribution < -0.4 is 0 Å². The van der Waals surface area contributed by atoms with Crippen LogP contribution in [-0.4, -0.2) is 12.8 Å². The number of allylic oxidation sites excluding steroid dienone is 4. The normalized spacial score (nSPS) is 12.2. The molecule has 0 unspecified atom stereocenters. The summed E-state index contributed by atoms with van der Waals surface area (Å²) in [5, 5.41) is 0. The molecule has 1 aliphatic carbocycles. The van der Waals surface area contributed by atoms with Crippen LogP contribution in [0.2, 0.25) is 0 Å². The molecule has 10 heavy (non-hydrogen) atoms. The van der Waals surface area contributed by atoms with Gasteiger partial charge in [0.2, 0.25) is 0 Å². The molecule has 0 N–H and O–H groups in total. The van der Waals surface area contributed by atoms with Crippen molar-refractivity contribution in [3.05, 3.63) is 22.5 Å². The molecule has 0 saturated carbocycles. The van der Waals surface area contributed by atoms with E-state index in [1.165, 1.54) is 17.1 Å². The fourth-order valence-corrected chi connectivity index (χ4v) is 0.735. The Kier molecular flexibility index (Phi) is 16.3. The summed E-state index contributed by atoms with van der Waals surface area (Å²) in [7, 11) is 0. The van der Waals surface area contributed by atoms with Crippen LogP contribution in [0.3, 0.4) is 0 Å². The molecule has 0 atom stereocenters. The van der Waals surface area contributed by atoms with Crippen molar-refractivity contribution in [2.24, 2.45) is 0 Å². The summed E-state index contributed by atoms with van der Waals surface area (Å²) in [6.07, 6.45) is 10.4. The van der Waals surface area contributed by atoms with Gasteiger partial charge in [-0.1, -0.05) is 0 Å². The first kappa shape index (κ1) is 13.2. The molecule has 1 rings (SSSR count). The minimum atomic E-state index is 1.14. The maximum absolute atomic E-state index is 4.64. The van der Waals surface area contributed by atoms with Crippen molar-refractivity contribution in [1.82, 2.24) is 0 Å². The SMILES string of the molecule is CCl.CCl.[V][C]1=CC=CC1. The van der Waals surface area contributed by atoms with Crippen molar-refractivity contribution in [3.8, 4) is 0 Å². The summed E-state index contributed by atoms with van der Waals surface area (Å²) >= 11 is 11.8. The van der Waals surface area contributed by atoms with Crippen LogP contribution in [0.25, 0.3) is 0 Å². The zero-order valence-corrected chi connectivity index (χ0v) is 9.05. The second-order valence-electron chi connectivity index (χ2n) is 1.29. The van der Waals surface area contributed by atoms with Gasteiger partial charge in [0.05, 0.1) is 0 Å². The molecule has 3 heteroatoms. The van der Waals surface area contributed by atoms with E-state index in [-0.39, 0.29) is 0 Å². The average molecular weight is 217 g/mol. The summed E-state index contributed by atoms with van der Waals surface area (Å²) in [6, 6.07) is 0. The predicted molar refractivity (Wildman–Crippen MR) is 45.4 cm³/mol. The van der Waals surface area contributed by atoms with Gasteiger partial charge < -0.3 is 0 Å². The van der Waals surface area contributed by atoms with Gasteiger partial charge in [0, 0.05) is 12.8 Å². The Morgan fingerprint density at radius 1 is 1.30 bits per heavy atom. The first-order chi connectivity index (χ1) is 4.89. The summed E-state index contributed by atoms with van der Waals surface area (Å²) in [6.45, 7) is 0. The van der Waals surface area contributed by atoms with Crippen molar-refractivity contribution in [2.45, 2.75) is 6.42 Å². The van der Waals surface area contributed by atoms with Crippen molar-refractivity contribution >= 4 is 23.2 Å². The van der Waals surface area contributed by atoms with Gasteiger partial charge in [-0.3, -0.25) is 0 Å². The number of halogens is 2. The van der Waals surface area contributed by atoms with E-state index in [1.54, 1.807) is 0 Å².